The molecule has 0 saturated carbocycles. The van der Waals surface area contributed by atoms with Gasteiger partial charge in [-0.15, -0.1) is 6.42 Å². The molecule has 0 bridgehead atoms. The summed E-state index contributed by atoms with van der Waals surface area (Å²) >= 11 is 0. The molecule has 1 aromatic heterocycles. The van der Waals surface area contributed by atoms with Gasteiger partial charge in [-0.3, -0.25) is 0 Å². The number of anilines is 3. The zero-order valence-electron chi connectivity index (χ0n) is 8.51. The lowest BCUT2D eigenvalue weighted by molar-refractivity contribution is 1.21. The van der Waals surface area contributed by atoms with E-state index in [1.165, 1.54) is 6.20 Å². The third-order valence-electron chi connectivity index (χ3n) is 1.97. The molecule has 0 atom stereocenters. The van der Waals surface area contributed by atoms with Gasteiger partial charge in [0.2, 0.25) is 0 Å². The smallest absolute Gasteiger partial charge is 0.149 e. The van der Waals surface area contributed by atoms with Crippen molar-refractivity contribution in [2.24, 2.45) is 0 Å². The molecule has 0 aliphatic carbocycles. The minimum atomic E-state index is 0.392. The summed E-state index contributed by atoms with van der Waals surface area (Å²) < 4.78 is 0. The number of aromatic nitrogens is 2. The highest BCUT2D eigenvalue weighted by Gasteiger charge is 1.97. The predicted octanol–water partition coefficient (Wildman–Crippen LogP) is 1.78. The molecule has 2 rings (SSSR count). The highest BCUT2D eigenvalue weighted by Crippen LogP contribution is 2.14. The molecular weight excluding hydrogens is 200 g/mol. The van der Waals surface area contributed by atoms with E-state index in [1.807, 2.05) is 24.3 Å². The van der Waals surface area contributed by atoms with Gasteiger partial charge in [0.25, 0.3) is 0 Å². The summed E-state index contributed by atoms with van der Waals surface area (Å²) in [5.74, 6) is 3.59. The molecule has 0 saturated heterocycles. The first-order chi connectivity index (χ1) is 7.78. The number of terminal acetylenes is 1. The second-order valence-corrected chi connectivity index (χ2v) is 3.18. The van der Waals surface area contributed by atoms with E-state index in [-0.39, 0.29) is 0 Å². The quantitative estimate of drug-likeness (QED) is 0.742. The number of nitrogens with one attached hydrogen (secondary N) is 1. The van der Waals surface area contributed by atoms with Crippen LogP contribution in [0.4, 0.5) is 17.3 Å². The van der Waals surface area contributed by atoms with Crippen LogP contribution in [0.25, 0.3) is 0 Å². The maximum absolute atomic E-state index is 5.44. The van der Waals surface area contributed by atoms with Crippen LogP contribution in [0.15, 0.2) is 36.7 Å². The molecule has 16 heavy (non-hydrogen) atoms. The Labute approximate surface area is 93.5 Å². The summed E-state index contributed by atoms with van der Waals surface area (Å²) in [6, 6.07) is 7.50. The van der Waals surface area contributed by atoms with Crippen molar-refractivity contribution in [3.63, 3.8) is 0 Å². The molecule has 0 aliphatic rings. The molecule has 0 spiro atoms. The van der Waals surface area contributed by atoms with Gasteiger partial charge in [0.05, 0.1) is 12.4 Å². The minimum absolute atomic E-state index is 0.392. The molecule has 3 N–H and O–H groups in total. The Morgan fingerprint density at radius 3 is 2.81 bits per heavy atom. The van der Waals surface area contributed by atoms with Gasteiger partial charge in [0, 0.05) is 11.3 Å². The highest BCUT2D eigenvalue weighted by atomic mass is 15.0. The van der Waals surface area contributed by atoms with Crippen molar-refractivity contribution in [1.29, 1.82) is 0 Å². The number of nitrogens with zero attached hydrogens (tertiary/aromatic N) is 2. The summed E-state index contributed by atoms with van der Waals surface area (Å²) in [5, 5.41) is 3.08. The zero-order valence-corrected chi connectivity index (χ0v) is 8.51. The Morgan fingerprint density at radius 1 is 1.25 bits per heavy atom. The molecule has 0 amide bonds. The number of nitrogen functional groups attached to an aromatic ring is 1. The fourth-order valence-electron chi connectivity index (χ4n) is 1.24. The van der Waals surface area contributed by atoms with Crippen LogP contribution in [0.2, 0.25) is 0 Å². The summed E-state index contributed by atoms with van der Waals surface area (Å²) in [6.07, 6.45) is 8.37. The van der Waals surface area contributed by atoms with Crippen LogP contribution in [-0.2, 0) is 0 Å². The average molecular weight is 210 g/mol. The van der Waals surface area contributed by atoms with Gasteiger partial charge < -0.3 is 11.1 Å². The van der Waals surface area contributed by atoms with E-state index in [0.717, 1.165) is 11.3 Å². The second kappa shape index (κ2) is 4.32. The normalized spacial score (nSPS) is 9.44. The van der Waals surface area contributed by atoms with Gasteiger partial charge >= 0.3 is 0 Å². The van der Waals surface area contributed by atoms with Gasteiger partial charge in [-0.2, -0.15) is 0 Å². The number of benzene rings is 1. The van der Waals surface area contributed by atoms with E-state index in [2.05, 4.69) is 21.2 Å². The molecule has 1 heterocycles. The number of hydrogen-bond donors (Lipinski definition) is 2. The van der Waals surface area contributed by atoms with Crippen LogP contribution < -0.4 is 11.1 Å². The van der Waals surface area contributed by atoms with Crippen molar-refractivity contribution in [3.05, 3.63) is 42.2 Å². The van der Waals surface area contributed by atoms with Crippen LogP contribution in [0.5, 0.6) is 0 Å². The SMILES string of the molecule is C#Cc1cccc(Nc2cnc(N)cn2)c1. The fourth-order valence-corrected chi connectivity index (χ4v) is 1.24. The van der Waals surface area contributed by atoms with E-state index in [9.17, 15) is 0 Å². The van der Waals surface area contributed by atoms with Crippen LogP contribution in [-0.4, -0.2) is 9.97 Å². The Bertz CT molecular complexity index is 525. The van der Waals surface area contributed by atoms with Gasteiger partial charge in [0.1, 0.15) is 11.6 Å². The lowest BCUT2D eigenvalue weighted by Gasteiger charge is -2.05. The zero-order chi connectivity index (χ0) is 11.4. The molecule has 0 unspecified atom stereocenters. The second-order valence-electron chi connectivity index (χ2n) is 3.18. The van der Waals surface area contributed by atoms with Gasteiger partial charge in [-0.25, -0.2) is 9.97 Å². The lowest BCUT2D eigenvalue weighted by Crippen LogP contribution is -1.97. The van der Waals surface area contributed by atoms with Crippen LogP contribution >= 0.6 is 0 Å². The largest absolute Gasteiger partial charge is 0.382 e. The summed E-state index contributed by atoms with van der Waals surface area (Å²) in [5.41, 5.74) is 7.12. The Kier molecular flexibility index (Phi) is 2.70. The maximum Gasteiger partial charge on any atom is 0.149 e. The minimum Gasteiger partial charge on any atom is -0.382 e. The molecule has 2 aromatic rings. The maximum atomic E-state index is 5.44. The Hall–Kier alpha value is -2.54. The summed E-state index contributed by atoms with van der Waals surface area (Å²) in [6.45, 7) is 0. The summed E-state index contributed by atoms with van der Waals surface area (Å²) in [4.78, 5) is 8.01. The van der Waals surface area contributed by atoms with E-state index >= 15 is 0 Å². The Morgan fingerprint density at radius 2 is 2.12 bits per heavy atom. The van der Waals surface area contributed by atoms with Crippen molar-refractivity contribution < 1.29 is 0 Å². The molecule has 0 radical (unpaired) electrons. The van der Waals surface area contributed by atoms with E-state index in [0.29, 0.717) is 11.6 Å². The predicted molar refractivity (Wildman–Crippen MR) is 64.1 cm³/mol. The third kappa shape index (κ3) is 2.28. The molecule has 4 nitrogen and oxygen atoms in total. The molecule has 0 aliphatic heterocycles. The first-order valence-corrected chi connectivity index (χ1v) is 4.69. The molecule has 78 valence electrons. The van der Waals surface area contributed by atoms with Crippen molar-refractivity contribution in [2.75, 3.05) is 11.1 Å². The third-order valence-corrected chi connectivity index (χ3v) is 1.97. The van der Waals surface area contributed by atoms with Crippen LogP contribution in [0.3, 0.4) is 0 Å². The number of nitrogens with two attached hydrogens (primary N) is 1. The molecule has 1 aromatic carbocycles. The van der Waals surface area contributed by atoms with E-state index < -0.39 is 0 Å². The molecule has 0 fully saturated rings. The fraction of sp³-hybridized carbons (Fsp3) is 0. The van der Waals surface area contributed by atoms with E-state index in [1.54, 1.807) is 6.20 Å². The topological polar surface area (TPSA) is 63.8 Å². The molecular formula is C12H10N4. The van der Waals surface area contributed by atoms with Crippen LogP contribution in [0, 0.1) is 12.3 Å². The highest BCUT2D eigenvalue weighted by molar-refractivity contribution is 5.58. The van der Waals surface area contributed by atoms with Crippen LogP contribution in [0.1, 0.15) is 5.56 Å². The van der Waals surface area contributed by atoms with Crippen molar-refractivity contribution >= 4 is 17.3 Å². The van der Waals surface area contributed by atoms with Gasteiger partial charge in [0.15, 0.2) is 0 Å². The number of rotatable bonds is 2. The van der Waals surface area contributed by atoms with Gasteiger partial charge in [-0.05, 0) is 18.2 Å². The van der Waals surface area contributed by atoms with Crippen molar-refractivity contribution in [3.8, 4) is 12.3 Å². The van der Waals surface area contributed by atoms with Crippen molar-refractivity contribution in [1.82, 2.24) is 9.97 Å². The van der Waals surface area contributed by atoms with Gasteiger partial charge in [-0.1, -0.05) is 12.0 Å². The van der Waals surface area contributed by atoms with E-state index in [4.69, 9.17) is 12.2 Å². The van der Waals surface area contributed by atoms with Crippen molar-refractivity contribution in [2.45, 2.75) is 0 Å². The first kappa shape index (κ1) is 9.99. The first-order valence-electron chi connectivity index (χ1n) is 4.69. The average Bonchev–Trinajstić information content (AvgIpc) is 2.32. The standard InChI is InChI=1S/C12H10N4/c1-2-9-4-3-5-10(6-9)16-12-8-14-11(13)7-15-12/h1,3-8H,(H2,13,14)(H,15,16). The lowest BCUT2D eigenvalue weighted by atomic mass is 10.2. The summed E-state index contributed by atoms with van der Waals surface area (Å²) in [7, 11) is 0. The molecule has 4 heteroatoms. The monoisotopic (exact) mass is 210 g/mol. The Balaban J connectivity index is 2.21. The number of hydrogen-bond acceptors (Lipinski definition) is 4.